The molecule has 2 aromatic heterocycles. The molecular formula is C20H28N4O6. The van der Waals surface area contributed by atoms with Crippen LogP contribution in [0.15, 0.2) is 21.2 Å². The molecule has 1 aliphatic rings. The topological polar surface area (TPSA) is 111 Å². The first-order valence-corrected chi connectivity index (χ1v) is 9.98. The van der Waals surface area contributed by atoms with Gasteiger partial charge in [-0.15, -0.1) is 0 Å². The van der Waals surface area contributed by atoms with Crippen LogP contribution in [0.5, 0.6) is 11.8 Å². The van der Waals surface area contributed by atoms with Crippen LogP contribution in [-0.4, -0.2) is 71.3 Å². The average Bonchev–Trinajstić information content (AvgIpc) is 3.36. The zero-order valence-electron chi connectivity index (χ0n) is 17.8. The van der Waals surface area contributed by atoms with Gasteiger partial charge < -0.3 is 28.3 Å². The second-order valence-corrected chi connectivity index (χ2v) is 7.56. The molecule has 1 saturated carbocycles. The van der Waals surface area contributed by atoms with Crippen LogP contribution in [-0.2, 0) is 9.59 Å². The summed E-state index contributed by atoms with van der Waals surface area (Å²) in [6.07, 6.45) is 3.63. The molecule has 0 aliphatic heterocycles. The van der Waals surface area contributed by atoms with Gasteiger partial charge in [0.15, 0.2) is 13.2 Å². The number of ether oxygens (including phenoxy) is 2. The summed E-state index contributed by atoms with van der Waals surface area (Å²) in [5.74, 6) is 1.43. The standard InChI is InChI=1S/C20H28N4O6/c1-13-9-17(21-29-13)27-11-19(25)23(3)15-7-5-6-8-16(15)24(4)20(26)12-28-18-10-14(2)30-22-18/h9-10,15-16H,5-8,11-12H2,1-4H3. The van der Waals surface area contributed by atoms with Crippen molar-refractivity contribution in [3.05, 3.63) is 23.7 Å². The number of aryl methyl sites for hydroxylation is 2. The Bertz CT molecular complexity index is 793. The van der Waals surface area contributed by atoms with E-state index in [0.29, 0.717) is 11.5 Å². The first-order valence-electron chi connectivity index (χ1n) is 9.98. The molecule has 0 saturated heterocycles. The number of carbonyl (C=O) groups excluding carboxylic acids is 2. The molecule has 0 N–H and O–H groups in total. The van der Waals surface area contributed by atoms with E-state index in [0.717, 1.165) is 25.7 Å². The van der Waals surface area contributed by atoms with Gasteiger partial charge in [0.25, 0.3) is 23.6 Å². The Morgan fingerprint density at radius 2 is 1.30 bits per heavy atom. The van der Waals surface area contributed by atoms with E-state index in [4.69, 9.17) is 18.5 Å². The number of hydrogen-bond donors (Lipinski definition) is 0. The Morgan fingerprint density at radius 3 is 1.63 bits per heavy atom. The Kier molecular flexibility index (Phi) is 6.96. The van der Waals surface area contributed by atoms with Gasteiger partial charge in [-0.2, -0.15) is 0 Å². The molecule has 164 valence electrons. The number of carbonyl (C=O) groups is 2. The summed E-state index contributed by atoms with van der Waals surface area (Å²) >= 11 is 0. The molecule has 0 aromatic carbocycles. The lowest BCUT2D eigenvalue weighted by atomic mass is 9.88. The lowest BCUT2D eigenvalue weighted by Crippen LogP contribution is -2.55. The predicted octanol–water partition coefficient (Wildman–Crippen LogP) is 1.97. The smallest absolute Gasteiger partial charge is 0.260 e. The first-order chi connectivity index (χ1) is 14.3. The molecular weight excluding hydrogens is 392 g/mol. The summed E-state index contributed by atoms with van der Waals surface area (Å²) in [6.45, 7) is 3.22. The molecule has 0 spiro atoms. The highest BCUT2D eigenvalue weighted by atomic mass is 16.5. The van der Waals surface area contributed by atoms with Crippen LogP contribution >= 0.6 is 0 Å². The van der Waals surface area contributed by atoms with Crippen LogP contribution in [0.4, 0.5) is 0 Å². The maximum absolute atomic E-state index is 12.7. The van der Waals surface area contributed by atoms with Crippen molar-refractivity contribution in [2.45, 2.75) is 51.6 Å². The third-order valence-corrected chi connectivity index (χ3v) is 5.38. The van der Waals surface area contributed by atoms with E-state index < -0.39 is 0 Å². The van der Waals surface area contributed by atoms with Crippen molar-refractivity contribution in [3.63, 3.8) is 0 Å². The highest BCUT2D eigenvalue weighted by Crippen LogP contribution is 2.26. The molecule has 1 fully saturated rings. The van der Waals surface area contributed by atoms with Gasteiger partial charge in [-0.05, 0) is 37.0 Å². The normalized spacial score (nSPS) is 18.7. The molecule has 2 atom stereocenters. The molecule has 2 unspecified atom stereocenters. The zero-order chi connectivity index (χ0) is 21.7. The summed E-state index contributed by atoms with van der Waals surface area (Å²) in [5, 5.41) is 7.45. The molecule has 1 aliphatic carbocycles. The molecule has 0 radical (unpaired) electrons. The van der Waals surface area contributed by atoms with Crippen LogP contribution in [0, 0.1) is 13.8 Å². The molecule has 10 heteroatoms. The monoisotopic (exact) mass is 420 g/mol. The van der Waals surface area contributed by atoms with Gasteiger partial charge >= 0.3 is 0 Å². The van der Waals surface area contributed by atoms with Crippen LogP contribution in [0.25, 0.3) is 0 Å². The molecule has 2 aromatic rings. The summed E-state index contributed by atoms with van der Waals surface area (Å²) in [4.78, 5) is 28.7. The number of amides is 2. The van der Waals surface area contributed by atoms with Gasteiger partial charge in [0, 0.05) is 26.2 Å². The van der Waals surface area contributed by atoms with E-state index in [1.807, 2.05) is 0 Å². The fraction of sp³-hybridized carbons (Fsp3) is 0.600. The van der Waals surface area contributed by atoms with Crippen molar-refractivity contribution in [1.82, 2.24) is 20.1 Å². The first kappa shape index (κ1) is 21.7. The number of rotatable bonds is 8. The number of nitrogens with zero attached hydrogens (tertiary/aromatic N) is 4. The van der Waals surface area contributed by atoms with E-state index in [1.165, 1.54) is 0 Å². The summed E-state index contributed by atoms with van der Waals surface area (Å²) in [7, 11) is 3.49. The van der Waals surface area contributed by atoms with Gasteiger partial charge in [0.2, 0.25) is 0 Å². The largest absolute Gasteiger partial charge is 0.465 e. The van der Waals surface area contributed by atoms with E-state index in [1.54, 1.807) is 49.9 Å². The fourth-order valence-corrected chi connectivity index (χ4v) is 3.66. The average molecular weight is 420 g/mol. The molecule has 3 rings (SSSR count). The minimum Gasteiger partial charge on any atom is -0.465 e. The number of aromatic nitrogens is 2. The summed E-state index contributed by atoms with van der Waals surface area (Å²) in [6, 6.07) is 3.05. The second-order valence-electron chi connectivity index (χ2n) is 7.56. The van der Waals surface area contributed by atoms with E-state index >= 15 is 0 Å². The van der Waals surface area contributed by atoms with Gasteiger partial charge in [-0.1, -0.05) is 12.8 Å². The lowest BCUT2D eigenvalue weighted by molar-refractivity contribution is -0.142. The number of hydrogen-bond acceptors (Lipinski definition) is 8. The Labute approximate surface area is 175 Å². The highest BCUT2D eigenvalue weighted by Gasteiger charge is 2.35. The highest BCUT2D eigenvalue weighted by molar-refractivity contribution is 5.79. The van der Waals surface area contributed by atoms with Crippen LogP contribution in [0.2, 0.25) is 0 Å². The molecule has 30 heavy (non-hydrogen) atoms. The third kappa shape index (κ3) is 5.31. The van der Waals surface area contributed by atoms with E-state index in [2.05, 4.69) is 10.3 Å². The quantitative estimate of drug-likeness (QED) is 0.637. The van der Waals surface area contributed by atoms with Crippen LogP contribution in [0.3, 0.4) is 0 Å². The Balaban J connectivity index is 1.56. The van der Waals surface area contributed by atoms with Crippen molar-refractivity contribution in [2.75, 3.05) is 27.3 Å². The fourth-order valence-electron chi connectivity index (χ4n) is 3.66. The second kappa shape index (κ2) is 9.64. The molecule has 0 bridgehead atoms. The van der Waals surface area contributed by atoms with Crippen LogP contribution in [0.1, 0.15) is 37.2 Å². The minimum absolute atomic E-state index is 0.0999. The van der Waals surface area contributed by atoms with Gasteiger partial charge in [-0.25, -0.2) is 0 Å². The summed E-state index contributed by atoms with van der Waals surface area (Å²) < 4.78 is 20.7. The molecule has 10 nitrogen and oxygen atoms in total. The SMILES string of the molecule is Cc1cc(OCC(=O)N(C)C2CCCCC2N(C)C(=O)COc2cc(C)on2)no1. The van der Waals surface area contributed by atoms with Crippen molar-refractivity contribution in [1.29, 1.82) is 0 Å². The maximum Gasteiger partial charge on any atom is 0.260 e. The molecule has 2 amide bonds. The van der Waals surface area contributed by atoms with E-state index in [9.17, 15) is 9.59 Å². The maximum atomic E-state index is 12.7. The predicted molar refractivity (Wildman–Crippen MR) is 105 cm³/mol. The molecule has 2 heterocycles. The van der Waals surface area contributed by atoms with Crippen molar-refractivity contribution < 1.29 is 28.1 Å². The van der Waals surface area contributed by atoms with Crippen molar-refractivity contribution >= 4 is 11.8 Å². The Hall–Kier alpha value is -3.04. The minimum atomic E-state index is -0.178. The zero-order valence-corrected chi connectivity index (χ0v) is 17.8. The van der Waals surface area contributed by atoms with Gasteiger partial charge in [0.05, 0.1) is 12.1 Å². The van der Waals surface area contributed by atoms with Crippen molar-refractivity contribution in [2.24, 2.45) is 0 Å². The Morgan fingerprint density at radius 1 is 0.900 bits per heavy atom. The van der Waals surface area contributed by atoms with Crippen molar-refractivity contribution in [3.8, 4) is 11.8 Å². The van der Waals surface area contributed by atoms with Crippen LogP contribution < -0.4 is 9.47 Å². The van der Waals surface area contributed by atoms with E-state index in [-0.39, 0.29) is 48.9 Å². The van der Waals surface area contributed by atoms with Gasteiger partial charge in [-0.3, -0.25) is 9.59 Å². The lowest BCUT2D eigenvalue weighted by Gasteiger charge is -2.42. The van der Waals surface area contributed by atoms with Gasteiger partial charge in [0.1, 0.15) is 11.5 Å². The number of likely N-dealkylation sites (N-methyl/N-ethyl adjacent to an activating group) is 2. The summed E-state index contributed by atoms with van der Waals surface area (Å²) in [5.41, 5.74) is 0. The third-order valence-electron chi connectivity index (χ3n) is 5.38.